The molecule has 0 rings (SSSR count). The van der Waals surface area contributed by atoms with Gasteiger partial charge in [0.15, 0.2) is 0 Å². The van der Waals surface area contributed by atoms with Crippen molar-refractivity contribution in [1.82, 2.24) is 0 Å². The summed E-state index contributed by atoms with van der Waals surface area (Å²) < 4.78 is 0. The molecule has 2 unspecified atom stereocenters. The maximum absolute atomic E-state index is 2.46. The van der Waals surface area contributed by atoms with Crippen molar-refractivity contribution in [2.24, 2.45) is 11.3 Å². The molecule has 0 aliphatic carbocycles. The second-order valence-corrected chi connectivity index (χ2v) is 6.63. The normalized spacial score (nSPS) is 17.2. The van der Waals surface area contributed by atoms with E-state index in [0.717, 1.165) is 5.92 Å². The molecule has 0 aromatic carbocycles. The molecule has 0 aliphatic rings. The summed E-state index contributed by atoms with van der Waals surface area (Å²) in [6.07, 6.45) is 11.1. The van der Waals surface area contributed by atoms with E-state index >= 15 is 0 Å². The Bertz CT molecular complexity index is 278. The van der Waals surface area contributed by atoms with E-state index in [0.29, 0.717) is 5.41 Å². The predicted molar refractivity (Wildman–Crippen MR) is 84.9 cm³/mol. The first-order valence-corrected chi connectivity index (χ1v) is 7.62. The van der Waals surface area contributed by atoms with E-state index in [1.54, 1.807) is 5.57 Å². The van der Waals surface area contributed by atoms with E-state index in [1.165, 1.54) is 37.7 Å². The molecule has 0 nitrogen and oxygen atoms in total. The van der Waals surface area contributed by atoms with Crippen LogP contribution >= 0.6 is 0 Å². The molecule has 0 saturated carbocycles. The zero-order valence-electron chi connectivity index (χ0n) is 13.8. The van der Waals surface area contributed by atoms with Gasteiger partial charge in [0.25, 0.3) is 0 Å². The third kappa shape index (κ3) is 7.74. The van der Waals surface area contributed by atoms with Crippen molar-refractivity contribution in [1.29, 1.82) is 0 Å². The molecule has 0 radical (unpaired) electrons. The van der Waals surface area contributed by atoms with E-state index < -0.39 is 0 Å². The third-order valence-electron chi connectivity index (χ3n) is 4.13. The maximum atomic E-state index is 2.46. The summed E-state index contributed by atoms with van der Waals surface area (Å²) in [6.45, 7) is 16.1. The van der Waals surface area contributed by atoms with E-state index in [4.69, 9.17) is 0 Å². The van der Waals surface area contributed by atoms with Gasteiger partial charge in [0.1, 0.15) is 0 Å². The highest BCUT2D eigenvalue weighted by atomic mass is 14.3. The molecule has 0 aromatic rings. The van der Waals surface area contributed by atoms with Crippen LogP contribution in [0.15, 0.2) is 23.3 Å². The molecule has 2 atom stereocenters. The molecule has 0 aliphatic heterocycles. The second-order valence-electron chi connectivity index (χ2n) is 6.63. The minimum atomic E-state index is 0.438. The number of hydrogen-bond donors (Lipinski definition) is 0. The van der Waals surface area contributed by atoms with Gasteiger partial charge in [-0.05, 0) is 51.4 Å². The molecule has 0 aromatic heterocycles. The molecular formula is C18H34. The van der Waals surface area contributed by atoms with Crippen LogP contribution in [0.4, 0.5) is 0 Å². The van der Waals surface area contributed by atoms with Crippen molar-refractivity contribution >= 4 is 0 Å². The quantitative estimate of drug-likeness (QED) is 0.429. The van der Waals surface area contributed by atoms with Crippen molar-refractivity contribution in [2.45, 2.75) is 80.6 Å². The SMILES string of the molecule is CCC(C)CC=C(C)CC(C)(CC)CC=C(C)C. The average Bonchev–Trinajstić information content (AvgIpc) is 2.33. The van der Waals surface area contributed by atoms with Crippen molar-refractivity contribution in [3.63, 3.8) is 0 Å². The van der Waals surface area contributed by atoms with Crippen LogP contribution in [-0.2, 0) is 0 Å². The van der Waals surface area contributed by atoms with Gasteiger partial charge in [-0.2, -0.15) is 0 Å². The maximum Gasteiger partial charge on any atom is -0.0257 e. The van der Waals surface area contributed by atoms with Gasteiger partial charge in [-0.1, -0.05) is 63.8 Å². The lowest BCUT2D eigenvalue weighted by molar-refractivity contribution is 0.310. The first-order valence-electron chi connectivity index (χ1n) is 7.62. The molecule has 106 valence electrons. The van der Waals surface area contributed by atoms with E-state index in [-0.39, 0.29) is 0 Å². The smallest absolute Gasteiger partial charge is 0.0257 e. The Hall–Kier alpha value is -0.520. The second kappa shape index (κ2) is 8.56. The topological polar surface area (TPSA) is 0 Å². The molecule has 0 spiro atoms. The minimum absolute atomic E-state index is 0.438. The average molecular weight is 250 g/mol. The fourth-order valence-corrected chi connectivity index (χ4v) is 2.11. The Labute approximate surface area is 116 Å². The van der Waals surface area contributed by atoms with Crippen LogP contribution < -0.4 is 0 Å². The highest BCUT2D eigenvalue weighted by Gasteiger charge is 2.20. The highest BCUT2D eigenvalue weighted by Crippen LogP contribution is 2.34. The van der Waals surface area contributed by atoms with Crippen LogP contribution in [0, 0.1) is 11.3 Å². The van der Waals surface area contributed by atoms with Crippen LogP contribution in [0.3, 0.4) is 0 Å². The zero-order chi connectivity index (χ0) is 14.2. The van der Waals surface area contributed by atoms with Gasteiger partial charge in [0, 0.05) is 0 Å². The summed E-state index contributed by atoms with van der Waals surface area (Å²) in [7, 11) is 0. The Morgan fingerprint density at radius 3 is 2.17 bits per heavy atom. The summed E-state index contributed by atoms with van der Waals surface area (Å²) in [4.78, 5) is 0. The first kappa shape index (κ1) is 17.5. The van der Waals surface area contributed by atoms with E-state index in [9.17, 15) is 0 Å². The van der Waals surface area contributed by atoms with Crippen molar-refractivity contribution in [3.05, 3.63) is 23.3 Å². The molecule has 0 heterocycles. The van der Waals surface area contributed by atoms with E-state index in [1.807, 2.05) is 0 Å². The van der Waals surface area contributed by atoms with Gasteiger partial charge >= 0.3 is 0 Å². The fraction of sp³-hybridized carbons (Fsp3) is 0.778. The Balaban J connectivity index is 4.46. The number of allylic oxidation sites excluding steroid dienone is 4. The van der Waals surface area contributed by atoms with Gasteiger partial charge in [0.2, 0.25) is 0 Å². The van der Waals surface area contributed by atoms with Crippen LogP contribution in [0.25, 0.3) is 0 Å². The Morgan fingerprint density at radius 2 is 1.72 bits per heavy atom. The molecule has 18 heavy (non-hydrogen) atoms. The van der Waals surface area contributed by atoms with E-state index in [2.05, 4.69) is 60.6 Å². The highest BCUT2D eigenvalue weighted by molar-refractivity contribution is 5.05. The number of rotatable bonds is 8. The lowest BCUT2D eigenvalue weighted by Gasteiger charge is -2.28. The summed E-state index contributed by atoms with van der Waals surface area (Å²) in [5.41, 5.74) is 3.45. The van der Waals surface area contributed by atoms with Gasteiger partial charge in [0.05, 0.1) is 0 Å². The monoisotopic (exact) mass is 250 g/mol. The van der Waals surface area contributed by atoms with Crippen LogP contribution in [0.5, 0.6) is 0 Å². The molecule has 0 amide bonds. The largest absolute Gasteiger partial charge is 0.0853 e. The molecule has 0 heteroatoms. The molecule has 0 saturated heterocycles. The Morgan fingerprint density at radius 1 is 1.11 bits per heavy atom. The summed E-state index contributed by atoms with van der Waals surface area (Å²) in [6, 6.07) is 0. The lowest BCUT2D eigenvalue weighted by atomic mass is 9.78. The van der Waals surface area contributed by atoms with Gasteiger partial charge in [-0.3, -0.25) is 0 Å². The predicted octanol–water partition coefficient (Wildman–Crippen LogP) is 6.53. The summed E-state index contributed by atoms with van der Waals surface area (Å²) in [5.74, 6) is 0.825. The van der Waals surface area contributed by atoms with Gasteiger partial charge in [-0.25, -0.2) is 0 Å². The lowest BCUT2D eigenvalue weighted by Crippen LogP contribution is -2.14. The molecular weight excluding hydrogens is 216 g/mol. The molecule has 0 fully saturated rings. The summed E-state index contributed by atoms with van der Waals surface area (Å²) >= 11 is 0. The van der Waals surface area contributed by atoms with Crippen molar-refractivity contribution in [3.8, 4) is 0 Å². The van der Waals surface area contributed by atoms with Crippen LogP contribution in [0.2, 0.25) is 0 Å². The fourth-order valence-electron chi connectivity index (χ4n) is 2.11. The Kier molecular flexibility index (Phi) is 8.31. The molecule has 0 N–H and O–H groups in total. The van der Waals surface area contributed by atoms with Crippen LogP contribution in [-0.4, -0.2) is 0 Å². The van der Waals surface area contributed by atoms with Gasteiger partial charge < -0.3 is 0 Å². The van der Waals surface area contributed by atoms with Crippen molar-refractivity contribution in [2.75, 3.05) is 0 Å². The zero-order valence-corrected chi connectivity index (χ0v) is 13.8. The standard InChI is InChI=1S/C18H34/c1-8-16(5)10-11-17(6)14-18(7,9-2)13-12-15(3)4/h11-12,16H,8-10,13-14H2,1-7H3. The first-order chi connectivity index (χ1) is 8.33. The van der Waals surface area contributed by atoms with Crippen LogP contribution in [0.1, 0.15) is 80.6 Å². The number of hydrogen-bond acceptors (Lipinski definition) is 0. The van der Waals surface area contributed by atoms with Gasteiger partial charge in [-0.15, -0.1) is 0 Å². The third-order valence-corrected chi connectivity index (χ3v) is 4.13. The minimum Gasteiger partial charge on any atom is -0.0853 e. The summed E-state index contributed by atoms with van der Waals surface area (Å²) in [5, 5.41) is 0. The molecule has 0 bridgehead atoms. The van der Waals surface area contributed by atoms with Crippen molar-refractivity contribution < 1.29 is 0 Å².